The molecule has 1 unspecified atom stereocenters. The van der Waals surface area contributed by atoms with Crippen LogP contribution in [0.5, 0.6) is 0 Å². The molecule has 1 fully saturated rings. The topological polar surface area (TPSA) is 46.2 Å². The molecule has 2 rings (SSSR count). The summed E-state index contributed by atoms with van der Waals surface area (Å²) in [5.41, 5.74) is 0. The van der Waals surface area contributed by atoms with Crippen molar-refractivity contribution in [2.24, 2.45) is 0 Å². The number of sulfone groups is 1. The highest BCUT2D eigenvalue weighted by Crippen LogP contribution is 2.25. The molecule has 0 aliphatic heterocycles. The fourth-order valence-electron chi connectivity index (χ4n) is 1.66. The van der Waals surface area contributed by atoms with Crippen molar-refractivity contribution >= 4 is 21.6 Å². The lowest BCUT2D eigenvalue weighted by Gasteiger charge is -2.12. The Labute approximate surface area is 113 Å². The maximum Gasteiger partial charge on any atom is 0.175 e. The summed E-state index contributed by atoms with van der Waals surface area (Å²) in [7, 11) is -3.08. The highest BCUT2D eigenvalue weighted by Gasteiger charge is 2.21. The molecule has 0 heterocycles. The number of thioether (sulfide) groups is 1. The van der Waals surface area contributed by atoms with Gasteiger partial charge >= 0.3 is 0 Å². The zero-order valence-electron chi connectivity index (χ0n) is 10.7. The molecule has 1 N–H and O–H groups in total. The van der Waals surface area contributed by atoms with Crippen LogP contribution in [0.15, 0.2) is 34.1 Å². The first kappa shape index (κ1) is 13.9. The van der Waals surface area contributed by atoms with E-state index in [0.717, 1.165) is 17.5 Å². The van der Waals surface area contributed by atoms with Crippen LogP contribution < -0.4 is 5.32 Å². The largest absolute Gasteiger partial charge is 0.313 e. The molecular formula is C13H19NO2S2. The Morgan fingerprint density at radius 2 is 1.94 bits per heavy atom. The van der Waals surface area contributed by atoms with E-state index in [-0.39, 0.29) is 0 Å². The van der Waals surface area contributed by atoms with Crippen molar-refractivity contribution in [2.75, 3.05) is 12.8 Å². The smallest absolute Gasteiger partial charge is 0.175 e. The van der Waals surface area contributed by atoms with Crippen molar-refractivity contribution in [1.29, 1.82) is 0 Å². The molecule has 0 saturated heterocycles. The van der Waals surface area contributed by atoms with Gasteiger partial charge in [-0.3, -0.25) is 0 Å². The van der Waals surface area contributed by atoms with Gasteiger partial charge in [0.1, 0.15) is 0 Å². The van der Waals surface area contributed by atoms with Crippen molar-refractivity contribution in [3.05, 3.63) is 24.3 Å². The zero-order valence-corrected chi connectivity index (χ0v) is 12.4. The van der Waals surface area contributed by atoms with E-state index in [1.165, 1.54) is 19.1 Å². The minimum Gasteiger partial charge on any atom is -0.313 e. The Hall–Kier alpha value is -0.520. The number of rotatable bonds is 6. The first-order valence-corrected chi connectivity index (χ1v) is 8.92. The van der Waals surface area contributed by atoms with Crippen LogP contribution >= 0.6 is 11.8 Å². The Morgan fingerprint density at radius 1 is 1.33 bits per heavy atom. The summed E-state index contributed by atoms with van der Waals surface area (Å²) in [6.07, 6.45) is 3.85. The third-order valence-electron chi connectivity index (χ3n) is 2.86. The van der Waals surface area contributed by atoms with Gasteiger partial charge in [0.05, 0.1) is 4.90 Å². The molecule has 0 amide bonds. The molecule has 100 valence electrons. The third kappa shape index (κ3) is 4.30. The van der Waals surface area contributed by atoms with Crippen molar-refractivity contribution in [3.8, 4) is 0 Å². The fraction of sp³-hybridized carbons (Fsp3) is 0.538. The van der Waals surface area contributed by atoms with Crippen LogP contribution in [0.3, 0.4) is 0 Å². The lowest BCUT2D eigenvalue weighted by molar-refractivity contribution is 0.602. The maximum absolute atomic E-state index is 11.3. The molecule has 0 aromatic heterocycles. The van der Waals surface area contributed by atoms with Gasteiger partial charge in [0.25, 0.3) is 0 Å². The van der Waals surface area contributed by atoms with Gasteiger partial charge in [0, 0.05) is 29.0 Å². The second-order valence-electron chi connectivity index (χ2n) is 4.85. The van der Waals surface area contributed by atoms with Gasteiger partial charge in [-0.1, -0.05) is 6.92 Å². The molecule has 1 aliphatic rings. The second-order valence-corrected chi connectivity index (χ2v) is 8.38. The molecule has 0 radical (unpaired) electrons. The van der Waals surface area contributed by atoms with Crippen LogP contribution in [0, 0.1) is 0 Å². The lowest BCUT2D eigenvalue weighted by atomic mass is 10.4. The normalized spacial score (nSPS) is 17.7. The van der Waals surface area contributed by atoms with Gasteiger partial charge in [-0.25, -0.2) is 8.42 Å². The minimum atomic E-state index is -3.08. The van der Waals surface area contributed by atoms with Gasteiger partial charge < -0.3 is 5.32 Å². The summed E-state index contributed by atoms with van der Waals surface area (Å²) < 4.78 is 22.7. The maximum atomic E-state index is 11.3. The van der Waals surface area contributed by atoms with Crippen molar-refractivity contribution in [1.82, 2.24) is 5.32 Å². The number of hydrogen-bond donors (Lipinski definition) is 1. The van der Waals surface area contributed by atoms with Crippen LogP contribution in [0.1, 0.15) is 19.8 Å². The molecule has 1 saturated carbocycles. The number of benzene rings is 1. The zero-order chi connectivity index (χ0) is 13.2. The first-order valence-electron chi connectivity index (χ1n) is 6.15. The molecule has 3 nitrogen and oxygen atoms in total. The van der Waals surface area contributed by atoms with Crippen molar-refractivity contribution in [3.63, 3.8) is 0 Å². The highest BCUT2D eigenvalue weighted by molar-refractivity contribution is 8.00. The molecule has 18 heavy (non-hydrogen) atoms. The molecule has 1 aromatic rings. The molecular weight excluding hydrogens is 266 g/mol. The first-order chi connectivity index (χ1) is 8.45. The van der Waals surface area contributed by atoms with Crippen LogP contribution in [-0.4, -0.2) is 32.5 Å². The molecule has 5 heteroatoms. The lowest BCUT2D eigenvalue weighted by Crippen LogP contribution is -2.24. The average molecular weight is 285 g/mol. The summed E-state index contributed by atoms with van der Waals surface area (Å²) in [6, 6.07) is 7.86. The van der Waals surface area contributed by atoms with E-state index >= 15 is 0 Å². The van der Waals surface area contributed by atoms with E-state index in [4.69, 9.17) is 0 Å². The fourth-order valence-corrected chi connectivity index (χ4v) is 3.23. The van der Waals surface area contributed by atoms with Gasteiger partial charge in [0.2, 0.25) is 0 Å². The molecule has 0 spiro atoms. The minimum absolute atomic E-state index is 0.385. The van der Waals surface area contributed by atoms with Crippen LogP contribution in [0.4, 0.5) is 0 Å². The predicted octanol–water partition coefficient (Wildman–Crippen LogP) is 2.32. The molecule has 0 bridgehead atoms. The third-order valence-corrected chi connectivity index (χ3v) is 5.10. The molecule has 1 aliphatic carbocycles. The van der Waals surface area contributed by atoms with Crippen LogP contribution in [0.25, 0.3) is 0 Å². The van der Waals surface area contributed by atoms with Gasteiger partial charge in [-0.2, -0.15) is 0 Å². The Balaban J connectivity index is 1.88. The van der Waals surface area contributed by atoms with E-state index < -0.39 is 9.84 Å². The number of hydrogen-bond acceptors (Lipinski definition) is 4. The summed E-state index contributed by atoms with van der Waals surface area (Å²) >= 11 is 1.78. The highest BCUT2D eigenvalue weighted by atomic mass is 32.2. The summed E-state index contributed by atoms with van der Waals surface area (Å²) in [4.78, 5) is 1.50. The Morgan fingerprint density at radius 3 is 2.44 bits per heavy atom. The predicted molar refractivity (Wildman–Crippen MR) is 75.9 cm³/mol. The standard InChI is InChI=1S/C13H19NO2S2/c1-10(9-14-11-3-4-11)17-12-5-7-13(8-6-12)18(2,15)16/h5-8,10-11,14H,3-4,9H2,1-2H3. The van der Waals surface area contributed by atoms with E-state index in [2.05, 4.69) is 12.2 Å². The van der Waals surface area contributed by atoms with Gasteiger partial charge in [-0.15, -0.1) is 11.8 Å². The average Bonchev–Trinajstić information content (AvgIpc) is 3.09. The van der Waals surface area contributed by atoms with Gasteiger partial charge in [-0.05, 0) is 37.1 Å². The van der Waals surface area contributed by atoms with Crippen molar-refractivity contribution < 1.29 is 8.42 Å². The molecule has 1 aromatic carbocycles. The quantitative estimate of drug-likeness (QED) is 0.815. The second kappa shape index (κ2) is 5.63. The van der Waals surface area contributed by atoms with E-state index in [0.29, 0.717) is 10.1 Å². The Kier molecular flexibility index (Phi) is 4.35. The Bertz CT molecular complexity index is 492. The monoisotopic (exact) mass is 285 g/mol. The van der Waals surface area contributed by atoms with Crippen LogP contribution in [-0.2, 0) is 9.84 Å². The summed E-state index contributed by atoms with van der Waals surface area (Å²) in [5.74, 6) is 0. The van der Waals surface area contributed by atoms with E-state index in [9.17, 15) is 8.42 Å². The summed E-state index contributed by atoms with van der Waals surface area (Å²) in [5, 5.41) is 3.99. The SMILES string of the molecule is CC(CNC1CC1)Sc1ccc(S(C)(=O)=O)cc1. The summed E-state index contributed by atoms with van der Waals surface area (Å²) in [6.45, 7) is 3.19. The van der Waals surface area contributed by atoms with E-state index in [1.807, 2.05) is 12.1 Å². The van der Waals surface area contributed by atoms with Crippen molar-refractivity contribution in [2.45, 2.75) is 40.8 Å². The van der Waals surface area contributed by atoms with E-state index in [1.54, 1.807) is 23.9 Å². The van der Waals surface area contributed by atoms with Gasteiger partial charge in [0.15, 0.2) is 9.84 Å². The molecule has 1 atom stereocenters. The van der Waals surface area contributed by atoms with Crippen LogP contribution in [0.2, 0.25) is 0 Å². The number of nitrogens with one attached hydrogen (secondary N) is 1.